The minimum Gasteiger partial charge on any atom is -0.508 e. The number of amides is 1. The van der Waals surface area contributed by atoms with Crippen LogP contribution in [0, 0.1) is 0 Å². The first-order valence-corrected chi connectivity index (χ1v) is 3.51. The van der Waals surface area contributed by atoms with E-state index >= 15 is 0 Å². The van der Waals surface area contributed by atoms with E-state index in [0.717, 1.165) is 0 Å². The van der Waals surface area contributed by atoms with Gasteiger partial charge in [-0.3, -0.25) is 4.79 Å². The van der Waals surface area contributed by atoms with Gasteiger partial charge in [0.25, 0.3) is 0 Å². The Hall–Kier alpha value is -1.45. The van der Waals surface area contributed by atoms with Crippen LogP contribution in [0.1, 0.15) is 0 Å². The summed E-state index contributed by atoms with van der Waals surface area (Å²) < 4.78 is 0. The van der Waals surface area contributed by atoms with E-state index in [1.54, 1.807) is 12.1 Å². The molecule has 0 bridgehead atoms. The molecule has 0 atom stereocenters. The Morgan fingerprint density at radius 1 is 1.42 bits per heavy atom. The molecule has 0 aliphatic carbocycles. The van der Waals surface area contributed by atoms with E-state index in [4.69, 9.17) is 13.0 Å². The third-order valence-electron chi connectivity index (χ3n) is 1.34. The van der Waals surface area contributed by atoms with Gasteiger partial charge in [-0.05, 0) is 30.6 Å². The molecule has 0 heterocycles. The van der Waals surface area contributed by atoms with Gasteiger partial charge in [0.2, 0.25) is 5.91 Å². The largest absolute Gasteiger partial charge is 0.508 e. The third kappa shape index (κ3) is 2.30. The second-order valence-electron chi connectivity index (χ2n) is 2.30. The average Bonchev–Trinajstić information content (AvgIpc) is 2.09. The SMILES string of the molecule is [B]CC(=O)Nc1ccc(O)cc1. The summed E-state index contributed by atoms with van der Waals surface area (Å²) in [6.45, 7) is 0. The van der Waals surface area contributed by atoms with Crippen molar-refractivity contribution < 1.29 is 9.90 Å². The molecular formula is C8H8BNO2. The zero-order valence-corrected chi connectivity index (χ0v) is 6.45. The number of nitrogens with one attached hydrogen (secondary N) is 1. The minimum atomic E-state index is -0.249. The summed E-state index contributed by atoms with van der Waals surface area (Å²) in [4.78, 5) is 10.8. The predicted molar refractivity (Wildman–Crippen MR) is 47.3 cm³/mol. The molecule has 12 heavy (non-hydrogen) atoms. The number of carbonyl (C=O) groups excluding carboxylic acids is 1. The maximum atomic E-state index is 10.8. The number of benzene rings is 1. The number of hydrogen-bond acceptors (Lipinski definition) is 2. The summed E-state index contributed by atoms with van der Waals surface area (Å²) in [5.41, 5.74) is 0.628. The molecule has 0 aliphatic rings. The van der Waals surface area contributed by atoms with Crippen LogP contribution in [0.25, 0.3) is 0 Å². The molecule has 1 amide bonds. The van der Waals surface area contributed by atoms with E-state index in [1.165, 1.54) is 12.1 Å². The van der Waals surface area contributed by atoms with Gasteiger partial charge in [-0.25, -0.2) is 0 Å². The summed E-state index contributed by atoms with van der Waals surface area (Å²) >= 11 is 0. The summed E-state index contributed by atoms with van der Waals surface area (Å²) in [5, 5.41) is 11.5. The van der Waals surface area contributed by atoms with Gasteiger partial charge in [-0.1, -0.05) is 0 Å². The van der Waals surface area contributed by atoms with Crippen molar-refractivity contribution in [2.45, 2.75) is 6.32 Å². The lowest BCUT2D eigenvalue weighted by Gasteiger charge is -2.02. The molecule has 1 aromatic carbocycles. The highest BCUT2D eigenvalue weighted by atomic mass is 16.3. The summed E-state index contributed by atoms with van der Waals surface area (Å²) in [6.07, 6.45) is -0.0408. The average molecular weight is 161 g/mol. The van der Waals surface area contributed by atoms with Crippen molar-refractivity contribution in [3.63, 3.8) is 0 Å². The molecular weight excluding hydrogens is 153 g/mol. The maximum Gasteiger partial charge on any atom is 0.215 e. The molecule has 2 N–H and O–H groups in total. The molecule has 3 nitrogen and oxygen atoms in total. The minimum absolute atomic E-state index is 0.0408. The number of phenolic OH excluding ortho intramolecular Hbond substituents is 1. The highest BCUT2D eigenvalue weighted by Gasteiger charge is 1.97. The Morgan fingerprint density at radius 3 is 2.50 bits per heavy atom. The van der Waals surface area contributed by atoms with Crippen molar-refractivity contribution >= 4 is 19.4 Å². The van der Waals surface area contributed by atoms with E-state index in [9.17, 15) is 4.79 Å². The number of anilines is 1. The Labute approximate surface area is 71.8 Å². The quantitative estimate of drug-likeness (QED) is 0.500. The molecule has 0 saturated heterocycles. The van der Waals surface area contributed by atoms with Gasteiger partial charge < -0.3 is 10.4 Å². The van der Waals surface area contributed by atoms with Gasteiger partial charge in [0.15, 0.2) is 0 Å². The first-order valence-electron chi connectivity index (χ1n) is 3.51. The van der Waals surface area contributed by atoms with Gasteiger partial charge in [0, 0.05) is 5.69 Å². The molecule has 2 radical (unpaired) electrons. The molecule has 0 spiro atoms. The van der Waals surface area contributed by atoms with Crippen molar-refractivity contribution in [3.05, 3.63) is 24.3 Å². The molecule has 0 aliphatic heterocycles. The Kier molecular flexibility index (Phi) is 2.74. The van der Waals surface area contributed by atoms with Gasteiger partial charge in [0.05, 0.1) is 7.85 Å². The molecule has 1 aromatic rings. The Bertz CT molecular complexity index is 271. The monoisotopic (exact) mass is 161 g/mol. The number of carbonyl (C=O) groups is 1. The standard InChI is InChI=1S/C8H8BNO2/c9-5-8(12)10-6-1-3-7(11)4-2-6/h1-4,11H,5H2,(H,10,12). The number of phenols is 1. The first kappa shape index (κ1) is 8.65. The summed E-state index contributed by atoms with van der Waals surface area (Å²) in [7, 11) is 5.09. The van der Waals surface area contributed by atoms with Crippen LogP contribution < -0.4 is 5.32 Å². The van der Waals surface area contributed by atoms with Crippen LogP contribution in [0.4, 0.5) is 5.69 Å². The molecule has 1 rings (SSSR count). The molecule has 0 aromatic heterocycles. The Morgan fingerprint density at radius 2 is 2.00 bits per heavy atom. The number of rotatable bonds is 2. The van der Waals surface area contributed by atoms with Crippen molar-refractivity contribution in [1.29, 1.82) is 0 Å². The smallest absolute Gasteiger partial charge is 0.215 e. The van der Waals surface area contributed by atoms with E-state index in [-0.39, 0.29) is 18.0 Å². The van der Waals surface area contributed by atoms with E-state index in [1.807, 2.05) is 0 Å². The van der Waals surface area contributed by atoms with E-state index in [0.29, 0.717) is 5.69 Å². The summed E-state index contributed by atoms with van der Waals surface area (Å²) in [6, 6.07) is 6.18. The molecule has 60 valence electrons. The van der Waals surface area contributed by atoms with E-state index < -0.39 is 0 Å². The lowest BCUT2D eigenvalue weighted by Crippen LogP contribution is -2.09. The lowest BCUT2D eigenvalue weighted by molar-refractivity contribution is -0.114. The summed E-state index contributed by atoms with van der Waals surface area (Å²) in [5.74, 6) is -0.0820. The maximum absolute atomic E-state index is 10.8. The normalized spacial score (nSPS) is 9.33. The Balaban J connectivity index is 2.64. The van der Waals surface area contributed by atoms with Crippen LogP contribution in [0.5, 0.6) is 5.75 Å². The second-order valence-corrected chi connectivity index (χ2v) is 2.30. The number of hydrogen-bond donors (Lipinski definition) is 2. The van der Waals surface area contributed by atoms with Crippen LogP contribution >= 0.6 is 0 Å². The fourth-order valence-electron chi connectivity index (χ4n) is 0.757. The van der Waals surface area contributed by atoms with Gasteiger partial charge in [0.1, 0.15) is 5.75 Å². The van der Waals surface area contributed by atoms with Gasteiger partial charge in [-0.15, -0.1) is 0 Å². The number of aromatic hydroxyl groups is 1. The van der Waals surface area contributed by atoms with Crippen LogP contribution in [0.3, 0.4) is 0 Å². The topological polar surface area (TPSA) is 49.3 Å². The van der Waals surface area contributed by atoms with Crippen LogP contribution in [0.15, 0.2) is 24.3 Å². The van der Waals surface area contributed by atoms with Crippen LogP contribution in [-0.4, -0.2) is 18.9 Å². The molecule has 0 unspecified atom stereocenters. The van der Waals surface area contributed by atoms with Gasteiger partial charge >= 0.3 is 0 Å². The van der Waals surface area contributed by atoms with Crippen LogP contribution in [0.2, 0.25) is 6.32 Å². The highest BCUT2D eigenvalue weighted by Crippen LogP contribution is 2.13. The lowest BCUT2D eigenvalue weighted by atomic mass is 10.1. The zero-order valence-electron chi connectivity index (χ0n) is 6.45. The molecule has 0 saturated carbocycles. The van der Waals surface area contributed by atoms with Gasteiger partial charge in [-0.2, -0.15) is 0 Å². The molecule has 0 fully saturated rings. The van der Waals surface area contributed by atoms with Crippen LogP contribution in [-0.2, 0) is 4.79 Å². The van der Waals surface area contributed by atoms with Crippen molar-refractivity contribution in [2.24, 2.45) is 0 Å². The van der Waals surface area contributed by atoms with Crippen molar-refractivity contribution in [3.8, 4) is 5.75 Å². The zero-order chi connectivity index (χ0) is 8.97. The predicted octanol–water partition coefficient (Wildman–Crippen LogP) is 0.917. The van der Waals surface area contributed by atoms with Crippen molar-refractivity contribution in [1.82, 2.24) is 0 Å². The molecule has 4 heteroatoms. The first-order chi connectivity index (χ1) is 5.72. The fraction of sp³-hybridized carbons (Fsp3) is 0.125. The van der Waals surface area contributed by atoms with E-state index in [2.05, 4.69) is 5.32 Å². The fourth-order valence-corrected chi connectivity index (χ4v) is 0.757. The second kappa shape index (κ2) is 3.81. The van der Waals surface area contributed by atoms with Crippen molar-refractivity contribution in [2.75, 3.05) is 5.32 Å². The highest BCUT2D eigenvalue weighted by molar-refractivity contribution is 6.22. The third-order valence-corrected chi connectivity index (χ3v) is 1.34.